The van der Waals surface area contributed by atoms with E-state index in [1.807, 2.05) is 84.2 Å². The molecule has 0 aliphatic carbocycles. The van der Waals surface area contributed by atoms with Gasteiger partial charge in [0.05, 0.1) is 11.9 Å². The van der Waals surface area contributed by atoms with Crippen molar-refractivity contribution in [1.82, 2.24) is 4.98 Å². The second-order valence-electron chi connectivity index (χ2n) is 6.19. The van der Waals surface area contributed by atoms with Crippen molar-refractivity contribution in [3.05, 3.63) is 100 Å². The van der Waals surface area contributed by atoms with Crippen molar-refractivity contribution in [2.75, 3.05) is 5.43 Å². The zero-order valence-electron chi connectivity index (χ0n) is 15.5. The summed E-state index contributed by atoms with van der Waals surface area (Å²) in [6.07, 6.45) is 1.73. The summed E-state index contributed by atoms with van der Waals surface area (Å²) in [6, 6.07) is 25.5. The standard InChI is InChI=1S/C23H18ClN3OS/c24-20-12-6-4-11-19(20)15-28-22-13-7-5-10-18(22)14-25-27-23-26-21(16-29-23)17-8-2-1-3-9-17/h1-14,16H,15H2,(H,26,27)/b25-14+. The Kier molecular flexibility index (Phi) is 6.19. The number of anilines is 1. The van der Waals surface area contributed by atoms with E-state index in [-0.39, 0.29) is 0 Å². The van der Waals surface area contributed by atoms with E-state index in [9.17, 15) is 0 Å². The molecule has 144 valence electrons. The van der Waals surface area contributed by atoms with Crippen LogP contribution in [-0.4, -0.2) is 11.2 Å². The Hall–Kier alpha value is -3.15. The molecule has 0 fully saturated rings. The quantitative estimate of drug-likeness (QED) is 0.275. The first-order chi connectivity index (χ1) is 14.3. The lowest BCUT2D eigenvalue weighted by Gasteiger charge is -2.10. The second-order valence-corrected chi connectivity index (χ2v) is 7.46. The number of aromatic nitrogens is 1. The van der Waals surface area contributed by atoms with Crippen LogP contribution in [0.4, 0.5) is 5.13 Å². The number of hydrogen-bond donors (Lipinski definition) is 1. The summed E-state index contributed by atoms with van der Waals surface area (Å²) in [6.45, 7) is 0.394. The van der Waals surface area contributed by atoms with Crippen LogP contribution < -0.4 is 10.2 Å². The van der Waals surface area contributed by atoms with Gasteiger partial charge >= 0.3 is 0 Å². The number of nitrogens with one attached hydrogen (secondary N) is 1. The van der Waals surface area contributed by atoms with Crippen molar-refractivity contribution in [3.63, 3.8) is 0 Å². The monoisotopic (exact) mass is 419 g/mol. The molecule has 1 N–H and O–H groups in total. The van der Waals surface area contributed by atoms with Gasteiger partial charge in [-0.2, -0.15) is 5.10 Å². The first-order valence-electron chi connectivity index (χ1n) is 9.05. The highest BCUT2D eigenvalue weighted by Crippen LogP contribution is 2.25. The number of ether oxygens (including phenoxy) is 1. The molecule has 3 aromatic carbocycles. The lowest BCUT2D eigenvalue weighted by atomic mass is 10.2. The van der Waals surface area contributed by atoms with Gasteiger partial charge in [-0.15, -0.1) is 11.3 Å². The summed E-state index contributed by atoms with van der Waals surface area (Å²) in [5.41, 5.74) is 6.81. The van der Waals surface area contributed by atoms with Gasteiger partial charge in [-0.05, 0) is 18.2 Å². The molecule has 6 heteroatoms. The SMILES string of the molecule is Clc1ccccc1COc1ccccc1/C=N/Nc1nc(-c2ccccc2)cs1. The van der Waals surface area contributed by atoms with Crippen LogP contribution in [0.15, 0.2) is 89.3 Å². The molecule has 1 aromatic heterocycles. The third kappa shape index (κ3) is 5.02. The average molecular weight is 420 g/mol. The summed E-state index contributed by atoms with van der Waals surface area (Å²) in [4.78, 5) is 4.57. The van der Waals surface area contributed by atoms with Gasteiger partial charge in [-0.1, -0.05) is 72.3 Å². The van der Waals surface area contributed by atoms with Crippen LogP contribution >= 0.6 is 22.9 Å². The zero-order valence-corrected chi connectivity index (χ0v) is 17.0. The summed E-state index contributed by atoms with van der Waals surface area (Å²) in [5, 5.41) is 7.75. The molecule has 0 unspecified atom stereocenters. The van der Waals surface area contributed by atoms with Crippen molar-refractivity contribution in [3.8, 4) is 17.0 Å². The fourth-order valence-corrected chi connectivity index (χ4v) is 3.57. The maximum Gasteiger partial charge on any atom is 0.203 e. The summed E-state index contributed by atoms with van der Waals surface area (Å²) in [7, 11) is 0. The molecule has 1 heterocycles. The van der Waals surface area contributed by atoms with E-state index < -0.39 is 0 Å². The predicted molar refractivity (Wildman–Crippen MR) is 121 cm³/mol. The Labute approximate surface area is 178 Å². The Morgan fingerprint density at radius 1 is 0.966 bits per heavy atom. The highest BCUT2D eigenvalue weighted by molar-refractivity contribution is 7.14. The van der Waals surface area contributed by atoms with E-state index in [2.05, 4.69) is 15.5 Å². The van der Waals surface area contributed by atoms with E-state index in [0.717, 1.165) is 33.3 Å². The van der Waals surface area contributed by atoms with E-state index in [4.69, 9.17) is 16.3 Å². The molecule has 29 heavy (non-hydrogen) atoms. The van der Waals surface area contributed by atoms with Gasteiger partial charge in [-0.3, -0.25) is 5.43 Å². The largest absolute Gasteiger partial charge is 0.488 e. The van der Waals surface area contributed by atoms with Crippen LogP contribution in [0.5, 0.6) is 5.75 Å². The van der Waals surface area contributed by atoms with Crippen molar-refractivity contribution >= 4 is 34.3 Å². The van der Waals surface area contributed by atoms with Gasteiger partial charge in [0.2, 0.25) is 5.13 Å². The molecule has 0 spiro atoms. The summed E-state index contributed by atoms with van der Waals surface area (Å²) < 4.78 is 5.95. The summed E-state index contributed by atoms with van der Waals surface area (Å²) in [5.74, 6) is 0.738. The van der Waals surface area contributed by atoms with Gasteiger partial charge in [0, 0.05) is 27.1 Å². The topological polar surface area (TPSA) is 46.5 Å². The molecule has 4 aromatic rings. The van der Waals surface area contributed by atoms with Crippen LogP contribution in [0.1, 0.15) is 11.1 Å². The molecule has 0 bridgehead atoms. The molecule has 0 saturated carbocycles. The first kappa shape index (κ1) is 19.2. The molecular formula is C23H18ClN3OS. The number of halogens is 1. The Balaban J connectivity index is 1.41. The number of hydrogen-bond acceptors (Lipinski definition) is 5. The van der Waals surface area contributed by atoms with Crippen molar-refractivity contribution in [2.24, 2.45) is 5.10 Å². The van der Waals surface area contributed by atoms with Gasteiger partial charge in [0.15, 0.2) is 0 Å². The summed E-state index contributed by atoms with van der Waals surface area (Å²) >= 11 is 7.72. The minimum atomic E-state index is 0.394. The zero-order chi connectivity index (χ0) is 19.9. The van der Waals surface area contributed by atoms with E-state index in [1.54, 1.807) is 6.21 Å². The first-order valence-corrected chi connectivity index (χ1v) is 10.3. The molecule has 0 saturated heterocycles. The minimum absolute atomic E-state index is 0.394. The van der Waals surface area contributed by atoms with Gasteiger partial charge in [0.1, 0.15) is 12.4 Å². The lowest BCUT2D eigenvalue weighted by Crippen LogP contribution is -1.99. The molecule has 0 atom stereocenters. The van der Waals surface area contributed by atoms with Crippen LogP contribution in [-0.2, 0) is 6.61 Å². The molecule has 0 radical (unpaired) electrons. The predicted octanol–water partition coefficient (Wildman–Crippen LogP) is 6.49. The Bertz CT molecular complexity index is 1110. The normalized spacial score (nSPS) is 10.9. The van der Waals surface area contributed by atoms with Gasteiger partial charge in [-0.25, -0.2) is 4.98 Å². The highest BCUT2D eigenvalue weighted by Gasteiger charge is 2.05. The van der Waals surface area contributed by atoms with E-state index in [1.165, 1.54) is 11.3 Å². The number of benzene rings is 3. The molecule has 0 aliphatic rings. The van der Waals surface area contributed by atoms with E-state index >= 15 is 0 Å². The molecule has 0 amide bonds. The lowest BCUT2D eigenvalue weighted by molar-refractivity contribution is 0.306. The van der Waals surface area contributed by atoms with Gasteiger partial charge in [0.25, 0.3) is 0 Å². The second kappa shape index (κ2) is 9.37. The van der Waals surface area contributed by atoms with Crippen molar-refractivity contribution in [2.45, 2.75) is 6.61 Å². The minimum Gasteiger partial charge on any atom is -0.488 e. The molecule has 0 aliphatic heterocycles. The fraction of sp³-hybridized carbons (Fsp3) is 0.0435. The Morgan fingerprint density at radius 2 is 1.72 bits per heavy atom. The number of hydrazone groups is 1. The smallest absolute Gasteiger partial charge is 0.203 e. The van der Waals surface area contributed by atoms with Gasteiger partial charge < -0.3 is 4.74 Å². The maximum absolute atomic E-state index is 6.21. The molecule has 4 nitrogen and oxygen atoms in total. The molecule has 4 rings (SSSR count). The van der Waals surface area contributed by atoms with Crippen molar-refractivity contribution < 1.29 is 4.74 Å². The van der Waals surface area contributed by atoms with Crippen LogP contribution in [0, 0.1) is 0 Å². The third-order valence-electron chi connectivity index (χ3n) is 4.20. The number of thiazole rings is 1. The number of para-hydroxylation sites is 1. The third-order valence-corrected chi connectivity index (χ3v) is 5.31. The van der Waals surface area contributed by atoms with Crippen LogP contribution in [0.25, 0.3) is 11.3 Å². The molecular weight excluding hydrogens is 402 g/mol. The Morgan fingerprint density at radius 3 is 2.59 bits per heavy atom. The van der Waals surface area contributed by atoms with Crippen molar-refractivity contribution in [1.29, 1.82) is 0 Å². The number of rotatable bonds is 7. The fourth-order valence-electron chi connectivity index (χ4n) is 2.71. The van der Waals surface area contributed by atoms with E-state index in [0.29, 0.717) is 11.6 Å². The number of nitrogens with zero attached hydrogens (tertiary/aromatic N) is 2. The van der Waals surface area contributed by atoms with Crippen LogP contribution in [0.3, 0.4) is 0 Å². The average Bonchev–Trinajstić information content (AvgIpc) is 3.24. The maximum atomic E-state index is 6.21. The van der Waals surface area contributed by atoms with Crippen LogP contribution in [0.2, 0.25) is 5.02 Å². The highest BCUT2D eigenvalue weighted by atomic mass is 35.5.